The first-order valence-corrected chi connectivity index (χ1v) is 5.80. The van der Waals surface area contributed by atoms with Crippen LogP contribution in [0.25, 0.3) is 0 Å². The van der Waals surface area contributed by atoms with Crippen LogP contribution in [0, 0.1) is 0 Å². The van der Waals surface area contributed by atoms with E-state index in [-0.39, 0.29) is 12.0 Å². The normalized spacial score (nSPS) is 13.0. The Hall–Kier alpha value is -1.77. The number of benzene rings is 1. The molecule has 92 valence electrons. The fraction of sp³-hybridized carbons (Fsp3) is 0.357. The molecule has 1 aromatic rings. The second kappa shape index (κ2) is 6.74. The molecule has 0 heterocycles. The predicted octanol–water partition coefficient (Wildman–Crippen LogP) is 2.80. The van der Waals surface area contributed by atoms with E-state index in [1.165, 1.54) is 11.6 Å². The molecule has 1 aromatic carbocycles. The van der Waals surface area contributed by atoms with Gasteiger partial charge in [-0.25, -0.2) is 4.79 Å². The number of ether oxygens (including phenoxy) is 1. The Bertz CT molecular complexity index is 384. The van der Waals surface area contributed by atoms with E-state index in [1.807, 2.05) is 25.1 Å². The number of rotatable bonds is 5. The molecular weight excluding hydrogens is 214 g/mol. The molecule has 1 rings (SSSR count). The largest absolute Gasteiger partial charge is 0.463 e. The minimum atomic E-state index is -0.308. The number of allylic oxidation sites excluding steroid dienone is 1. The lowest BCUT2D eigenvalue weighted by atomic mass is 10.1. The highest BCUT2D eigenvalue weighted by Crippen LogP contribution is 2.12. The summed E-state index contributed by atoms with van der Waals surface area (Å²) in [6, 6.07) is 10.2. The Balaban J connectivity index is 2.57. The van der Waals surface area contributed by atoms with Crippen LogP contribution in [0.4, 0.5) is 0 Å². The average molecular weight is 233 g/mol. The van der Waals surface area contributed by atoms with E-state index in [9.17, 15) is 4.79 Å². The number of esters is 1. The van der Waals surface area contributed by atoms with Crippen molar-refractivity contribution >= 4 is 5.97 Å². The van der Waals surface area contributed by atoms with Crippen LogP contribution in [-0.2, 0) is 9.53 Å². The minimum Gasteiger partial charge on any atom is -0.463 e. The molecule has 0 aliphatic heterocycles. The number of hydrogen-bond donors (Lipinski definition) is 1. The van der Waals surface area contributed by atoms with Gasteiger partial charge in [0, 0.05) is 17.8 Å². The molecule has 1 atom stereocenters. The number of carbonyl (C=O) groups excluding carboxylic acids is 1. The van der Waals surface area contributed by atoms with Crippen LogP contribution < -0.4 is 5.32 Å². The van der Waals surface area contributed by atoms with Gasteiger partial charge >= 0.3 is 5.97 Å². The van der Waals surface area contributed by atoms with Gasteiger partial charge < -0.3 is 10.1 Å². The smallest absolute Gasteiger partial charge is 0.332 e. The first-order valence-electron chi connectivity index (χ1n) is 5.80. The molecule has 0 amide bonds. The zero-order valence-corrected chi connectivity index (χ0v) is 10.6. The van der Waals surface area contributed by atoms with E-state index in [0.29, 0.717) is 6.61 Å². The lowest BCUT2D eigenvalue weighted by Gasteiger charge is -2.15. The molecule has 17 heavy (non-hydrogen) atoms. The second-order valence-corrected chi connectivity index (χ2v) is 3.86. The molecule has 0 aliphatic rings. The molecule has 1 N–H and O–H groups in total. The number of hydrogen-bond acceptors (Lipinski definition) is 3. The highest BCUT2D eigenvalue weighted by atomic mass is 16.5. The Morgan fingerprint density at radius 2 is 2.06 bits per heavy atom. The third kappa shape index (κ3) is 4.72. The summed E-state index contributed by atoms with van der Waals surface area (Å²) in [7, 11) is 0. The molecular formula is C14H19NO2. The van der Waals surface area contributed by atoms with Crippen LogP contribution in [0.1, 0.15) is 32.4 Å². The quantitative estimate of drug-likeness (QED) is 0.627. The van der Waals surface area contributed by atoms with E-state index >= 15 is 0 Å². The van der Waals surface area contributed by atoms with Gasteiger partial charge in [-0.2, -0.15) is 0 Å². The summed E-state index contributed by atoms with van der Waals surface area (Å²) in [5.41, 5.74) is 1.99. The van der Waals surface area contributed by atoms with Crippen LogP contribution in [0.3, 0.4) is 0 Å². The highest BCUT2D eigenvalue weighted by Gasteiger charge is 2.05. The Labute approximate surface area is 102 Å². The molecule has 0 fully saturated rings. The van der Waals surface area contributed by atoms with Crippen LogP contribution in [0.2, 0.25) is 0 Å². The first kappa shape index (κ1) is 13.3. The van der Waals surface area contributed by atoms with Crippen molar-refractivity contribution in [3.63, 3.8) is 0 Å². The Morgan fingerprint density at radius 1 is 1.41 bits per heavy atom. The zero-order valence-electron chi connectivity index (χ0n) is 10.6. The topological polar surface area (TPSA) is 38.3 Å². The summed E-state index contributed by atoms with van der Waals surface area (Å²) < 4.78 is 4.84. The van der Waals surface area contributed by atoms with Gasteiger partial charge in [0.1, 0.15) is 0 Å². The number of nitrogens with one attached hydrogen (secondary N) is 1. The van der Waals surface area contributed by atoms with Crippen LogP contribution in [0.15, 0.2) is 42.1 Å². The van der Waals surface area contributed by atoms with Crippen LogP contribution in [0.5, 0.6) is 0 Å². The minimum absolute atomic E-state index is 0.168. The first-order chi connectivity index (χ1) is 8.13. The molecule has 0 aliphatic carbocycles. The van der Waals surface area contributed by atoms with Gasteiger partial charge in [-0.05, 0) is 26.3 Å². The van der Waals surface area contributed by atoms with Crippen molar-refractivity contribution in [1.29, 1.82) is 0 Å². The standard InChI is InChI=1S/C14H19NO2/c1-4-17-14(16)10-11(2)15-12(3)13-8-6-5-7-9-13/h5-10,12,15H,4H2,1-3H3/t12-/m1/s1. The molecule has 0 aromatic heterocycles. The van der Waals surface area contributed by atoms with Gasteiger partial charge in [-0.3, -0.25) is 0 Å². The summed E-state index contributed by atoms with van der Waals surface area (Å²) >= 11 is 0. The van der Waals surface area contributed by atoms with E-state index < -0.39 is 0 Å². The molecule has 0 radical (unpaired) electrons. The predicted molar refractivity (Wildman–Crippen MR) is 68.4 cm³/mol. The third-order valence-electron chi connectivity index (χ3n) is 2.36. The van der Waals surface area contributed by atoms with Gasteiger partial charge in [-0.1, -0.05) is 30.3 Å². The third-order valence-corrected chi connectivity index (χ3v) is 2.36. The summed E-state index contributed by atoms with van der Waals surface area (Å²) in [4.78, 5) is 11.2. The number of carbonyl (C=O) groups is 1. The molecule has 0 bridgehead atoms. The van der Waals surface area contributed by atoms with Crippen molar-refractivity contribution < 1.29 is 9.53 Å². The van der Waals surface area contributed by atoms with Gasteiger partial charge in [0.05, 0.1) is 6.61 Å². The summed E-state index contributed by atoms with van der Waals surface area (Å²) in [6.45, 7) is 6.10. The lowest BCUT2D eigenvalue weighted by molar-refractivity contribution is -0.137. The van der Waals surface area contributed by atoms with Crippen molar-refractivity contribution in [2.45, 2.75) is 26.8 Å². The van der Waals surface area contributed by atoms with Gasteiger partial charge in [0.2, 0.25) is 0 Å². The molecule has 3 heteroatoms. The fourth-order valence-corrected chi connectivity index (χ4v) is 1.57. The van der Waals surface area contributed by atoms with Crippen LogP contribution in [-0.4, -0.2) is 12.6 Å². The zero-order chi connectivity index (χ0) is 12.7. The maximum atomic E-state index is 11.2. The van der Waals surface area contributed by atoms with Gasteiger partial charge in [-0.15, -0.1) is 0 Å². The van der Waals surface area contributed by atoms with Gasteiger partial charge in [0.15, 0.2) is 0 Å². The summed E-state index contributed by atoms with van der Waals surface area (Å²) in [5.74, 6) is -0.308. The van der Waals surface area contributed by atoms with Gasteiger partial charge in [0.25, 0.3) is 0 Å². The SMILES string of the molecule is CCOC(=O)C=C(C)N[C@H](C)c1ccccc1. The van der Waals surface area contributed by atoms with E-state index in [0.717, 1.165) is 5.70 Å². The van der Waals surface area contributed by atoms with Crippen molar-refractivity contribution in [1.82, 2.24) is 5.32 Å². The van der Waals surface area contributed by atoms with E-state index in [1.54, 1.807) is 6.92 Å². The summed E-state index contributed by atoms with van der Waals surface area (Å²) in [5, 5.41) is 3.25. The Kier molecular flexibility index (Phi) is 5.27. The van der Waals surface area contributed by atoms with E-state index in [4.69, 9.17) is 4.74 Å². The van der Waals surface area contributed by atoms with Crippen molar-refractivity contribution in [3.05, 3.63) is 47.7 Å². The van der Waals surface area contributed by atoms with Crippen molar-refractivity contribution in [2.75, 3.05) is 6.61 Å². The van der Waals surface area contributed by atoms with Crippen molar-refractivity contribution in [2.24, 2.45) is 0 Å². The fourth-order valence-electron chi connectivity index (χ4n) is 1.57. The highest BCUT2D eigenvalue weighted by molar-refractivity contribution is 5.82. The molecule has 0 saturated carbocycles. The maximum absolute atomic E-state index is 11.2. The molecule has 0 unspecified atom stereocenters. The molecule has 3 nitrogen and oxygen atoms in total. The van der Waals surface area contributed by atoms with Crippen LogP contribution >= 0.6 is 0 Å². The second-order valence-electron chi connectivity index (χ2n) is 3.86. The van der Waals surface area contributed by atoms with E-state index in [2.05, 4.69) is 24.4 Å². The maximum Gasteiger partial charge on any atom is 0.332 e. The average Bonchev–Trinajstić information content (AvgIpc) is 2.30. The molecule has 0 saturated heterocycles. The molecule has 0 spiro atoms. The Morgan fingerprint density at radius 3 is 2.65 bits per heavy atom. The van der Waals surface area contributed by atoms with Crippen molar-refractivity contribution in [3.8, 4) is 0 Å². The monoisotopic (exact) mass is 233 g/mol. The lowest BCUT2D eigenvalue weighted by Crippen LogP contribution is -2.17. The summed E-state index contributed by atoms with van der Waals surface area (Å²) in [6.07, 6.45) is 1.48.